The van der Waals surface area contributed by atoms with Gasteiger partial charge >= 0.3 is 0 Å². The molecular weight excluding hydrogens is 252 g/mol. The molecule has 1 heterocycles. The molecule has 1 amide bonds. The summed E-state index contributed by atoms with van der Waals surface area (Å²) in [5.74, 6) is 0.667. The number of aliphatic hydroxyl groups is 1. The van der Waals surface area contributed by atoms with Crippen LogP contribution in [0.25, 0.3) is 0 Å². The number of hydrogen-bond acceptors (Lipinski definition) is 3. The first-order chi connectivity index (χ1) is 9.38. The van der Waals surface area contributed by atoms with Crippen LogP contribution in [-0.4, -0.2) is 59.6 Å². The molecule has 4 nitrogen and oxygen atoms in total. The molecule has 1 unspecified atom stereocenters. The van der Waals surface area contributed by atoms with Crippen LogP contribution in [0.2, 0.25) is 0 Å². The van der Waals surface area contributed by atoms with Crippen LogP contribution in [0, 0.1) is 11.3 Å². The number of aliphatic hydroxyl groups excluding tert-OH is 1. The van der Waals surface area contributed by atoms with Gasteiger partial charge in [-0.25, -0.2) is 0 Å². The Morgan fingerprint density at radius 1 is 1.15 bits per heavy atom. The third-order valence-corrected chi connectivity index (χ3v) is 4.82. The van der Waals surface area contributed by atoms with E-state index in [-0.39, 0.29) is 11.5 Å². The van der Waals surface area contributed by atoms with Crippen LogP contribution in [0.3, 0.4) is 0 Å². The highest BCUT2D eigenvalue weighted by Gasteiger charge is 2.31. The van der Waals surface area contributed by atoms with Crippen LogP contribution in [0.5, 0.6) is 0 Å². The van der Waals surface area contributed by atoms with Crippen molar-refractivity contribution in [3.63, 3.8) is 0 Å². The van der Waals surface area contributed by atoms with Crippen molar-refractivity contribution in [2.45, 2.75) is 52.6 Å². The predicted molar refractivity (Wildman–Crippen MR) is 80.4 cm³/mol. The first-order valence-corrected chi connectivity index (χ1v) is 8.07. The zero-order valence-electron chi connectivity index (χ0n) is 13.3. The molecule has 20 heavy (non-hydrogen) atoms. The molecule has 0 bridgehead atoms. The van der Waals surface area contributed by atoms with E-state index in [1.807, 2.05) is 4.90 Å². The van der Waals surface area contributed by atoms with Gasteiger partial charge in [-0.3, -0.25) is 9.69 Å². The lowest BCUT2D eigenvalue weighted by Gasteiger charge is -2.38. The highest BCUT2D eigenvalue weighted by Crippen LogP contribution is 2.27. The quantitative estimate of drug-likeness (QED) is 0.857. The second-order valence-corrected chi connectivity index (χ2v) is 7.49. The molecule has 0 aromatic rings. The summed E-state index contributed by atoms with van der Waals surface area (Å²) in [4.78, 5) is 16.7. The second-order valence-electron chi connectivity index (χ2n) is 7.49. The summed E-state index contributed by atoms with van der Waals surface area (Å²) in [6, 6.07) is 0. The van der Waals surface area contributed by atoms with Gasteiger partial charge in [0.2, 0.25) is 5.91 Å². The summed E-state index contributed by atoms with van der Waals surface area (Å²) in [6.07, 6.45) is 4.30. The fourth-order valence-corrected chi connectivity index (χ4v) is 3.10. The predicted octanol–water partition coefficient (Wildman–Crippen LogP) is 1.73. The molecule has 1 saturated heterocycles. The molecular formula is C16H30N2O2. The molecule has 1 aliphatic heterocycles. The molecule has 1 N–H and O–H groups in total. The molecule has 0 spiro atoms. The monoisotopic (exact) mass is 282 g/mol. The maximum atomic E-state index is 12.3. The maximum absolute atomic E-state index is 12.3. The molecule has 2 aliphatic rings. The Balaban J connectivity index is 1.76. The van der Waals surface area contributed by atoms with E-state index in [9.17, 15) is 9.90 Å². The number of β-amino-alcohol motifs (C(OH)–C–C–N with tert-alkyl or cyclic N) is 1. The smallest absolute Gasteiger partial charge is 0.225 e. The lowest BCUT2D eigenvalue weighted by molar-refractivity contribution is -0.137. The zero-order valence-corrected chi connectivity index (χ0v) is 13.3. The van der Waals surface area contributed by atoms with Crippen LogP contribution in [-0.2, 0) is 4.79 Å². The highest BCUT2D eigenvalue weighted by molar-refractivity contribution is 5.79. The van der Waals surface area contributed by atoms with E-state index in [1.54, 1.807) is 0 Å². The van der Waals surface area contributed by atoms with E-state index in [2.05, 4.69) is 25.7 Å². The van der Waals surface area contributed by atoms with Gasteiger partial charge in [-0.2, -0.15) is 0 Å². The highest BCUT2D eigenvalue weighted by atomic mass is 16.3. The lowest BCUT2D eigenvalue weighted by atomic mass is 9.89. The molecule has 1 aliphatic carbocycles. The van der Waals surface area contributed by atoms with Gasteiger partial charge in [-0.05, 0) is 18.3 Å². The molecule has 1 saturated carbocycles. The van der Waals surface area contributed by atoms with Gasteiger partial charge in [0.05, 0.1) is 6.10 Å². The van der Waals surface area contributed by atoms with Gasteiger partial charge in [0.15, 0.2) is 0 Å². The number of piperazine rings is 1. The molecule has 0 aromatic heterocycles. The summed E-state index contributed by atoms with van der Waals surface area (Å²) in [5.41, 5.74) is -0.0726. The van der Waals surface area contributed by atoms with Crippen molar-refractivity contribution in [3.8, 4) is 0 Å². The van der Waals surface area contributed by atoms with E-state index in [4.69, 9.17) is 0 Å². The number of carbonyl (C=O) groups excluding carboxylic acids is 1. The van der Waals surface area contributed by atoms with E-state index < -0.39 is 0 Å². The SMILES string of the molecule is CC(C)(C)C(O)CN1CCN(C(=O)C2CCCC2)CC1. The largest absolute Gasteiger partial charge is 0.391 e. The average molecular weight is 282 g/mol. The van der Waals surface area contributed by atoms with E-state index in [1.165, 1.54) is 12.8 Å². The zero-order chi connectivity index (χ0) is 14.8. The summed E-state index contributed by atoms with van der Waals surface area (Å²) in [7, 11) is 0. The third kappa shape index (κ3) is 3.95. The lowest BCUT2D eigenvalue weighted by Crippen LogP contribution is -2.52. The Morgan fingerprint density at radius 3 is 2.20 bits per heavy atom. The van der Waals surface area contributed by atoms with Gasteiger partial charge in [-0.15, -0.1) is 0 Å². The molecule has 0 aromatic carbocycles. The minimum atomic E-state index is -0.306. The van der Waals surface area contributed by atoms with Crippen molar-refractivity contribution < 1.29 is 9.90 Å². The molecule has 2 rings (SSSR count). The molecule has 1 atom stereocenters. The Labute approximate surface area is 123 Å². The molecule has 4 heteroatoms. The Kier molecular flexibility index (Phi) is 5.08. The number of amides is 1. The second kappa shape index (κ2) is 6.44. The van der Waals surface area contributed by atoms with Crippen molar-refractivity contribution in [1.29, 1.82) is 0 Å². The van der Waals surface area contributed by atoms with Crippen LogP contribution in [0.1, 0.15) is 46.5 Å². The molecule has 2 fully saturated rings. The fraction of sp³-hybridized carbons (Fsp3) is 0.938. The third-order valence-electron chi connectivity index (χ3n) is 4.82. The Hall–Kier alpha value is -0.610. The van der Waals surface area contributed by atoms with Crippen LogP contribution in [0.15, 0.2) is 0 Å². The van der Waals surface area contributed by atoms with E-state index in [0.717, 1.165) is 45.6 Å². The van der Waals surface area contributed by atoms with Gasteiger partial charge < -0.3 is 10.0 Å². The van der Waals surface area contributed by atoms with E-state index >= 15 is 0 Å². The van der Waals surface area contributed by atoms with Crippen molar-refractivity contribution in [2.24, 2.45) is 11.3 Å². The Bertz CT molecular complexity index is 324. The summed E-state index contributed by atoms with van der Waals surface area (Å²) >= 11 is 0. The number of rotatable bonds is 3. The van der Waals surface area contributed by atoms with E-state index in [0.29, 0.717) is 11.8 Å². The van der Waals surface area contributed by atoms with Gasteiger partial charge in [-0.1, -0.05) is 33.6 Å². The van der Waals surface area contributed by atoms with Crippen LogP contribution < -0.4 is 0 Å². The summed E-state index contributed by atoms with van der Waals surface area (Å²) in [6.45, 7) is 10.4. The minimum absolute atomic E-state index is 0.0726. The Morgan fingerprint density at radius 2 is 1.70 bits per heavy atom. The first-order valence-electron chi connectivity index (χ1n) is 8.07. The van der Waals surface area contributed by atoms with Crippen molar-refractivity contribution >= 4 is 5.91 Å². The van der Waals surface area contributed by atoms with Crippen LogP contribution >= 0.6 is 0 Å². The van der Waals surface area contributed by atoms with Gasteiger partial charge in [0.1, 0.15) is 0 Å². The molecule has 116 valence electrons. The fourth-order valence-electron chi connectivity index (χ4n) is 3.10. The molecule has 0 radical (unpaired) electrons. The number of hydrogen-bond donors (Lipinski definition) is 1. The summed E-state index contributed by atoms with van der Waals surface area (Å²) in [5, 5.41) is 10.2. The minimum Gasteiger partial charge on any atom is -0.391 e. The van der Waals surface area contributed by atoms with Crippen molar-refractivity contribution in [1.82, 2.24) is 9.80 Å². The average Bonchev–Trinajstić information content (AvgIpc) is 2.91. The summed E-state index contributed by atoms with van der Waals surface area (Å²) < 4.78 is 0. The number of nitrogens with zero attached hydrogens (tertiary/aromatic N) is 2. The standard InChI is InChI=1S/C16H30N2O2/c1-16(2,3)14(19)12-17-8-10-18(11-9-17)15(20)13-6-4-5-7-13/h13-14,19H,4-12H2,1-3H3. The van der Waals surface area contributed by atoms with Crippen molar-refractivity contribution in [3.05, 3.63) is 0 Å². The van der Waals surface area contributed by atoms with Gasteiger partial charge in [0.25, 0.3) is 0 Å². The first kappa shape index (κ1) is 15.8. The maximum Gasteiger partial charge on any atom is 0.225 e. The van der Waals surface area contributed by atoms with Crippen LogP contribution in [0.4, 0.5) is 0 Å². The van der Waals surface area contributed by atoms with Gasteiger partial charge in [0, 0.05) is 38.6 Å². The topological polar surface area (TPSA) is 43.8 Å². The van der Waals surface area contributed by atoms with Crippen molar-refractivity contribution in [2.75, 3.05) is 32.7 Å². The normalized spacial score (nSPS) is 24.1. The number of carbonyl (C=O) groups is 1.